The van der Waals surface area contributed by atoms with E-state index in [0.29, 0.717) is 32.1 Å². The Morgan fingerprint density at radius 1 is 1.43 bits per heavy atom. The van der Waals surface area contributed by atoms with Gasteiger partial charge in [-0.25, -0.2) is 0 Å². The zero-order chi connectivity index (χ0) is 15.0. The monoisotopic (exact) mass is 290 g/mol. The second kappa shape index (κ2) is 5.50. The van der Waals surface area contributed by atoms with E-state index in [0.717, 1.165) is 24.2 Å². The minimum Gasteiger partial charge on any atom is -0.354 e. The molecule has 1 atom stereocenters. The Kier molecular flexibility index (Phi) is 3.69. The highest BCUT2D eigenvalue weighted by Crippen LogP contribution is 2.32. The number of nitrogens with zero attached hydrogens (tertiary/aromatic N) is 3. The molecule has 2 heterocycles. The van der Waals surface area contributed by atoms with Gasteiger partial charge in [0.1, 0.15) is 0 Å². The number of amides is 2. The fourth-order valence-corrected chi connectivity index (χ4v) is 2.98. The van der Waals surface area contributed by atoms with Crippen LogP contribution in [0.1, 0.15) is 30.7 Å². The van der Waals surface area contributed by atoms with Crippen LogP contribution in [0.3, 0.4) is 0 Å². The first kappa shape index (κ1) is 14.1. The average molecular weight is 290 g/mol. The Hall–Kier alpha value is -1.85. The van der Waals surface area contributed by atoms with Crippen LogP contribution in [0, 0.1) is 19.8 Å². The smallest absolute Gasteiger partial charge is 0.225 e. The summed E-state index contributed by atoms with van der Waals surface area (Å²) in [5, 5.41) is 7.29. The fourth-order valence-electron chi connectivity index (χ4n) is 2.98. The first-order chi connectivity index (χ1) is 10.0. The standard InChI is InChI=1S/C15H22N4O2/c1-10-7-11(2)19(17-10)6-5-16-15(21)12-8-14(20)18(9-12)13-3-4-13/h7,12-13H,3-6,8-9H2,1-2H3,(H,16,21)/t12-/m0/s1. The van der Waals surface area contributed by atoms with Gasteiger partial charge in [0.25, 0.3) is 0 Å². The van der Waals surface area contributed by atoms with Gasteiger partial charge in [-0.05, 0) is 32.8 Å². The number of hydrogen-bond donors (Lipinski definition) is 1. The molecule has 0 aromatic carbocycles. The van der Waals surface area contributed by atoms with Gasteiger partial charge in [-0.15, -0.1) is 0 Å². The van der Waals surface area contributed by atoms with Crippen LogP contribution in [0.25, 0.3) is 0 Å². The molecule has 114 valence electrons. The third kappa shape index (κ3) is 3.09. The molecule has 0 spiro atoms. The van der Waals surface area contributed by atoms with Gasteiger partial charge in [-0.2, -0.15) is 5.10 Å². The maximum atomic E-state index is 12.1. The summed E-state index contributed by atoms with van der Waals surface area (Å²) in [6.07, 6.45) is 2.55. The van der Waals surface area contributed by atoms with Crippen LogP contribution in [-0.4, -0.2) is 45.6 Å². The summed E-state index contributed by atoms with van der Waals surface area (Å²) in [4.78, 5) is 25.9. The van der Waals surface area contributed by atoms with Crippen molar-refractivity contribution < 1.29 is 9.59 Å². The molecule has 0 bridgehead atoms. The van der Waals surface area contributed by atoms with E-state index in [9.17, 15) is 9.59 Å². The van der Waals surface area contributed by atoms with Gasteiger partial charge >= 0.3 is 0 Å². The van der Waals surface area contributed by atoms with Crippen molar-refractivity contribution in [1.82, 2.24) is 20.0 Å². The van der Waals surface area contributed by atoms with Gasteiger partial charge < -0.3 is 10.2 Å². The molecule has 6 nitrogen and oxygen atoms in total. The van der Waals surface area contributed by atoms with Gasteiger partial charge in [-0.1, -0.05) is 0 Å². The molecule has 1 N–H and O–H groups in total. The Morgan fingerprint density at radius 2 is 2.19 bits per heavy atom. The predicted octanol–water partition coefficient (Wildman–Crippen LogP) is 0.627. The van der Waals surface area contributed by atoms with Crippen molar-refractivity contribution in [1.29, 1.82) is 0 Å². The van der Waals surface area contributed by atoms with Crippen molar-refractivity contribution in [2.75, 3.05) is 13.1 Å². The van der Waals surface area contributed by atoms with E-state index in [4.69, 9.17) is 0 Å². The van der Waals surface area contributed by atoms with Gasteiger partial charge in [0.2, 0.25) is 11.8 Å². The van der Waals surface area contributed by atoms with Crippen LogP contribution in [-0.2, 0) is 16.1 Å². The van der Waals surface area contributed by atoms with E-state index in [-0.39, 0.29) is 17.7 Å². The number of carbonyl (C=O) groups is 2. The summed E-state index contributed by atoms with van der Waals surface area (Å²) in [6.45, 7) is 5.77. The number of aryl methyl sites for hydroxylation is 2. The third-order valence-electron chi connectivity index (χ3n) is 4.24. The lowest BCUT2D eigenvalue weighted by atomic mass is 10.1. The van der Waals surface area contributed by atoms with Gasteiger partial charge in [-0.3, -0.25) is 14.3 Å². The van der Waals surface area contributed by atoms with E-state index in [2.05, 4.69) is 10.4 Å². The molecule has 1 saturated heterocycles. The summed E-state index contributed by atoms with van der Waals surface area (Å²) < 4.78 is 1.89. The molecule has 0 unspecified atom stereocenters. The van der Waals surface area contributed by atoms with Gasteiger partial charge in [0.15, 0.2) is 0 Å². The minimum absolute atomic E-state index is 0.00645. The molecule has 21 heavy (non-hydrogen) atoms. The number of likely N-dealkylation sites (tertiary alicyclic amines) is 1. The largest absolute Gasteiger partial charge is 0.354 e. The maximum Gasteiger partial charge on any atom is 0.225 e. The second-order valence-corrected chi connectivity index (χ2v) is 6.12. The first-order valence-corrected chi connectivity index (χ1v) is 7.63. The maximum absolute atomic E-state index is 12.1. The van der Waals surface area contributed by atoms with Crippen LogP contribution < -0.4 is 5.32 Å². The summed E-state index contributed by atoms with van der Waals surface area (Å²) >= 11 is 0. The summed E-state index contributed by atoms with van der Waals surface area (Å²) in [5.41, 5.74) is 2.08. The second-order valence-electron chi connectivity index (χ2n) is 6.12. The number of aromatic nitrogens is 2. The lowest BCUT2D eigenvalue weighted by Gasteiger charge is -2.15. The normalized spacial score (nSPS) is 21.9. The molecule has 1 aromatic rings. The SMILES string of the molecule is Cc1cc(C)n(CCNC(=O)[C@H]2CC(=O)N(C3CC3)C2)n1. The van der Waals surface area contributed by atoms with Crippen molar-refractivity contribution in [3.05, 3.63) is 17.5 Å². The molecular formula is C15H22N4O2. The van der Waals surface area contributed by atoms with E-state index in [1.54, 1.807) is 0 Å². The van der Waals surface area contributed by atoms with Crippen LogP contribution in [0.2, 0.25) is 0 Å². The highest BCUT2D eigenvalue weighted by Gasteiger charge is 2.41. The quantitative estimate of drug-likeness (QED) is 0.865. The zero-order valence-corrected chi connectivity index (χ0v) is 12.6. The summed E-state index contributed by atoms with van der Waals surface area (Å²) in [7, 11) is 0. The van der Waals surface area contributed by atoms with E-state index in [1.165, 1.54) is 0 Å². The number of rotatable bonds is 5. The van der Waals surface area contributed by atoms with Crippen molar-refractivity contribution in [2.24, 2.45) is 5.92 Å². The van der Waals surface area contributed by atoms with E-state index in [1.807, 2.05) is 29.5 Å². The van der Waals surface area contributed by atoms with Crippen LogP contribution in [0.4, 0.5) is 0 Å². The lowest BCUT2D eigenvalue weighted by Crippen LogP contribution is -2.35. The summed E-state index contributed by atoms with van der Waals surface area (Å²) in [6, 6.07) is 2.43. The average Bonchev–Trinajstić information content (AvgIpc) is 3.12. The Labute approximate surface area is 124 Å². The van der Waals surface area contributed by atoms with Crippen molar-refractivity contribution >= 4 is 11.8 Å². The number of hydrogen-bond acceptors (Lipinski definition) is 3. The van der Waals surface area contributed by atoms with Gasteiger partial charge in [0.05, 0.1) is 18.2 Å². The highest BCUT2D eigenvalue weighted by molar-refractivity contribution is 5.89. The van der Waals surface area contributed by atoms with Crippen molar-refractivity contribution in [3.8, 4) is 0 Å². The molecule has 2 aliphatic rings. The van der Waals surface area contributed by atoms with Crippen molar-refractivity contribution in [3.63, 3.8) is 0 Å². The predicted molar refractivity (Wildman–Crippen MR) is 77.6 cm³/mol. The number of nitrogens with one attached hydrogen (secondary N) is 1. The highest BCUT2D eigenvalue weighted by atomic mass is 16.2. The van der Waals surface area contributed by atoms with Crippen LogP contribution in [0.15, 0.2) is 6.07 Å². The summed E-state index contributed by atoms with van der Waals surface area (Å²) in [5.74, 6) is -0.0530. The molecule has 0 radical (unpaired) electrons. The number of carbonyl (C=O) groups excluding carboxylic acids is 2. The van der Waals surface area contributed by atoms with Crippen LogP contribution >= 0.6 is 0 Å². The van der Waals surface area contributed by atoms with E-state index < -0.39 is 0 Å². The van der Waals surface area contributed by atoms with E-state index >= 15 is 0 Å². The minimum atomic E-state index is -0.182. The van der Waals surface area contributed by atoms with Gasteiger partial charge in [0, 0.05) is 31.2 Å². The Morgan fingerprint density at radius 3 is 2.81 bits per heavy atom. The molecule has 2 amide bonds. The Balaban J connectivity index is 1.46. The molecule has 1 aliphatic heterocycles. The first-order valence-electron chi connectivity index (χ1n) is 7.63. The van der Waals surface area contributed by atoms with Crippen LogP contribution in [0.5, 0.6) is 0 Å². The third-order valence-corrected chi connectivity index (χ3v) is 4.24. The molecule has 1 aliphatic carbocycles. The molecule has 6 heteroatoms. The molecule has 2 fully saturated rings. The lowest BCUT2D eigenvalue weighted by molar-refractivity contribution is -0.129. The fraction of sp³-hybridized carbons (Fsp3) is 0.667. The van der Waals surface area contributed by atoms with Crippen molar-refractivity contribution in [2.45, 2.75) is 45.7 Å². The Bertz CT molecular complexity index is 562. The molecule has 1 aromatic heterocycles. The molecule has 3 rings (SSSR count). The zero-order valence-electron chi connectivity index (χ0n) is 12.6. The topological polar surface area (TPSA) is 67.2 Å². The molecule has 1 saturated carbocycles. The molecular weight excluding hydrogens is 268 g/mol.